The predicted octanol–water partition coefficient (Wildman–Crippen LogP) is 2.74. The largest absolute Gasteiger partial charge is 0.399 e. The van der Waals surface area contributed by atoms with Gasteiger partial charge < -0.3 is 25.5 Å². The number of nitrogens with zero attached hydrogens (tertiary/aromatic N) is 2. The van der Waals surface area contributed by atoms with Crippen molar-refractivity contribution in [2.24, 2.45) is 0 Å². The van der Waals surface area contributed by atoms with E-state index in [1.807, 2.05) is 30.2 Å². The average Bonchev–Trinajstić information content (AvgIpc) is 2.98. The molecule has 5 rings (SSSR count). The highest BCUT2D eigenvalue weighted by molar-refractivity contribution is 6.04. The number of pyridine rings is 1. The van der Waals surface area contributed by atoms with Crippen molar-refractivity contribution in [2.75, 3.05) is 23.7 Å². The fraction of sp³-hybridized carbons (Fsp3) is 0.364. The average molecular weight is 391 g/mol. The highest BCUT2D eigenvalue weighted by Crippen LogP contribution is 2.44. The van der Waals surface area contributed by atoms with E-state index in [0.717, 1.165) is 59.4 Å². The first kappa shape index (κ1) is 17.8. The van der Waals surface area contributed by atoms with Gasteiger partial charge in [0.25, 0.3) is 5.56 Å². The Morgan fingerprint density at radius 1 is 1.24 bits per heavy atom. The van der Waals surface area contributed by atoms with Gasteiger partial charge in [0.05, 0.1) is 0 Å². The molecule has 0 bridgehead atoms. The third-order valence-corrected chi connectivity index (χ3v) is 6.40. The highest BCUT2D eigenvalue weighted by Gasteiger charge is 2.31. The SMILES string of the molecule is CC(=O)N1CCC(N2Cc3c[nH]c(=O)c4[nH]c(C)c(c34)-c3cc(N)ccc32)CC1. The number of hydrogen-bond acceptors (Lipinski definition) is 4. The van der Waals surface area contributed by atoms with Crippen molar-refractivity contribution in [1.29, 1.82) is 0 Å². The van der Waals surface area contributed by atoms with Gasteiger partial charge in [-0.1, -0.05) is 0 Å². The number of carbonyl (C=O) groups is 1. The number of anilines is 2. The van der Waals surface area contributed by atoms with Crippen LogP contribution in [0.1, 0.15) is 31.0 Å². The number of nitrogen functional groups attached to an aromatic ring is 1. The van der Waals surface area contributed by atoms with Crippen LogP contribution in [0, 0.1) is 6.92 Å². The molecule has 2 aliphatic rings. The van der Waals surface area contributed by atoms with E-state index in [9.17, 15) is 9.59 Å². The number of amides is 1. The molecule has 4 N–H and O–H groups in total. The number of aryl methyl sites for hydroxylation is 1. The van der Waals surface area contributed by atoms with Gasteiger partial charge in [0.1, 0.15) is 5.52 Å². The Kier molecular flexibility index (Phi) is 3.94. The Morgan fingerprint density at radius 3 is 2.72 bits per heavy atom. The fourth-order valence-corrected chi connectivity index (χ4v) is 4.97. The van der Waals surface area contributed by atoms with E-state index in [2.05, 4.69) is 20.9 Å². The molecule has 0 saturated carbocycles. The quantitative estimate of drug-likeness (QED) is 0.556. The summed E-state index contributed by atoms with van der Waals surface area (Å²) >= 11 is 0. The minimum absolute atomic E-state index is 0.105. The summed E-state index contributed by atoms with van der Waals surface area (Å²) in [5, 5.41) is 0.988. The van der Waals surface area contributed by atoms with Crippen LogP contribution in [0.3, 0.4) is 0 Å². The van der Waals surface area contributed by atoms with Crippen LogP contribution >= 0.6 is 0 Å². The van der Waals surface area contributed by atoms with Gasteiger partial charge in [-0.3, -0.25) is 9.59 Å². The summed E-state index contributed by atoms with van der Waals surface area (Å²) in [6.07, 6.45) is 3.69. The van der Waals surface area contributed by atoms with Crippen LogP contribution in [-0.2, 0) is 11.3 Å². The number of piperidine rings is 1. The third-order valence-electron chi connectivity index (χ3n) is 6.40. The van der Waals surface area contributed by atoms with Gasteiger partial charge in [-0.2, -0.15) is 0 Å². The van der Waals surface area contributed by atoms with E-state index in [1.54, 1.807) is 6.92 Å². The maximum absolute atomic E-state index is 12.4. The Labute approximate surface area is 168 Å². The lowest BCUT2D eigenvalue weighted by Gasteiger charge is -2.40. The number of benzene rings is 1. The van der Waals surface area contributed by atoms with Gasteiger partial charge in [0, 0.05) is 72.4 Å². The Morgan fingerprint density at radius 2 is 2.00 bits per heavy atom. The zero-order valence-corrected chi connectivity index (χ0v) is 16.7. The summed E-state index contributed by atoms with van der Waals surface area (Å²) in [5.74, 6) is 0.140. The molecule has 2 aromatic heterocycles. The molecule has 1 fully saturated rings. The second-order valence-corrected chi connectivity index (χ2v) is 8.16. The molecule has 0 radical (unpaired) electrons. The molecule has 150 valence electrons. The lowest BCUT2D eigenvalue weighted by molar-refractivity contribution is -0.129. The van der Waals surface area contributed by atoms with Crippen LogP contribution in [0.4, 0.5) is 11.4 Å². The molecule has 4 heterocycles. The minimum atomic E-state index is -0.105. The van der Waals surface area contributed by atoms with Gasteiger partial charge in [0.2, 0.25) is 5.91 Å². The van der Waals surface area contributed by atoms with Crippen LogP contribution in [0.2, 0.25) is 0 Å². The second-order valence-electron chi connectivity index (χ2n) is 8.16. The van der Waals surface area contributed by atoms with E-state index >= 15 is 0 Å². The number of fused-ring (bicyclic) bond motifs is 2. The smallest absolute Gasteiger partial charge is 0.272 e. The predicted molar refractivity (Wildman–Crippen MR) is 115 cm³/mol. The van der Waals surface area contributed by atoms with Crippen molar-refractivity contribution < 1.29 is 4.79 Å². The molecule has 1 amide bonds. The number of rotatable bonds is 1. The zero-order valence-electron chi connectivity index (χ0n) is 16.7. The number of carbonyl (C=O) groups excluding carboxylic acids is 1. The summed E-state index contributed by atoms with van der Waals surface area (Å²) < 4.78 is 0. The molecule has 7 heteroatoms. The molecule has 2 aliphatic heterocycles. The monoisotopic (exact) mass is 391 g/mol. The van der Waals surface area contributed by atoms with Gasteiger partial charge in [-0.25, -0.2) is 0 Å². The first-order valence-corrected chi connectivity index (χ1v) is 10.1. The molecule has 1 aromatic carbocycles. The summed E-state index contributed by atoms with van der Waals surface area (Å²) in [7, 11) is 0. The molecule has 0 atom stereocenters. The number of nitrogens with two attached hydrogens (primary N) is 1. The number of H-pyrrole nitrogens is 2. The number of hydrogen-bond donors (Lipinski definition) is 3. The summed E-state index contributed by atoms with van der Waals surface area (Å²) in [4.78, 5) is 34.7. The first-order chi connectivity index (χ1) is 13.9. The van der Waals surface area contributed by atoms with Crippen molar-refractivity contribution in [2.45, 2.75) is 39.3 Å². The van der Waals surface area contributed by atoms with Crippen molar-refractivity contribution >= 4 is 28.2 Å². The van der Waals surface area contributed by atoms with Gasteiger partial charge >= 0.3 is 0 Å². The molecule has 0 spiro atoms. The molecule has 3 aromatic rings. The molecule has 1 saturated heterocycles. The standard InChI is InChI=1S/C22H25N5O2/c1-12-19-17-9-15(23)3-4-18(17)27(16-5-7-26(8-6-16)13(2)28)11-14-10-24-22(29)21(25-12)20(14)19/h3-4,9-10,16,25H,5-8,11,23H2,1-2H3,(H,24,29). The van der Waals surface area contributed by atoms with E-state index in [4.69, 9.17) is 5.73 Å². The maximum atomic E-state index is 12.4. The van der Waals surface area contributed by atoms with Crippen molar-refractivity contribution in [3.8, 4) is 11.1 Å². The number of likely N-dealkylation sites (tertiary alicyclic amines) is 1. The Balaban J connectivity index is 1.67. The first-order valence-electron chi connectivity index (χ1n) is 10.1. The minimum Gasteiger partial charge on any atom is -0.399 e. The summed E-state index contributed by atoms with van der Waals surface area (Å²) in [6, 6.07) is 6.37. The van der Waals surface area contributed by atoms with Crippen molar-refractivity contribution in [1.82, 2.24) is 14.9 Å². The van der Waals surface area contributed by atoms with E-state index in [0.29, 0.717) is 23.8 Å². The van der Waals surface area contributed by atoms with Crippen LogP contribution in [0.25, 0.3) is 22.0 Å². The van der Waals surface area contributed by atoms with Gasteiger partial charge in [0.15, 0.2) is 0 Å². The van der Waals surface area contributed by atoms with Gasteiger partial charge in [-0.15, -0.1) is 0 Å². The van der Waals surface area contributed by atoms with E-state index < -0.39 is 0 Å². The van der Waals surface area contributed by atoms with Crippen LogP contribution in [-0.4, -0.2) is 39.9 Å². The lowest BCUT2D eigenvalue weighted by Crippen LogP contribution is -2.46. The zero-order chi connectivity index (χ0) is 20.3. The van der Waals surface area contributed by atoms with Crippen LogP contribution < -0.4 is 16.2 Å². The number of aromatic nitrogens is 2. The number of aromatic amines is 2. The van der Waals surface area contributed by atoms with Gasteiger partial charge in [-0.05, 0) is 43.5 Å². The Hall–Kier alpha value is -3.22. The molecule has 7 nitrogen and oxygen atoms in total. The molecule has 0 unspecified atom stereocenters. The topological polar surface area (TPSA) is 98.2 Å². The van der Waals surface area contributed by atoms with Crippen LogP contribution in [0.5, 0.6) is 0 Å². The molecule has 29 heavy (non-hydrogen) atoms. The van der Waals surface area contributed by atoms with E-state index in [-0.39, 0.29) is 11.5 Å². The van der Waals surface area contributed by atoms with E-state index in [1.165, 1.54) is 0 Å². The normalized spacial score (nSPS) is 16.8. The Bertz CT molecular complexity index is 1180. The fourth-order valence-electron chi connectivity index (χ4n) is 4.97. The summed E-state index contributed by atoms with van der Waals surface area (Å²) in [5.41, 5.74) is 12.7. The molecule has 0 aliphatic carbocycles. The lowest BCUT2D eigenvalue weighted by atomic mass is 9.98. The van der Waals surface area contributed by atoms with Crippen molar-refractivity contribution in [3.05, 3.63) is 46.0 Å². The van der Waals surface area contributed by atoms with Crippen molar-refractivity contribution in [3.63, 3.8) is 0 Å². The number of nitrogens with one attached hydrogen (secondary N) is 2. The second kappa shape index (κ2) is 6.40. The molecular formula is C22H25N5O2. The third kappa shape index (κ3) is 2.72. The maximum Gasteiger partial charge on any atom is 0.272 e. The summed E-state index contributed by atoms with van der Waals surface area (Å²) in [6.45, 7) is 5.89. The van der Waals surface area contributed by atoms with Crippen LogP contribution in [0.15, 0.2) is 29.2 Å². The molecular weight excluding hydrogens is 366 g/mol. The highest BCUT2D eigenvalue weighted by atomic mass is 16.2.